The number of carboxylic acids is 2. The predicted molar refractivity (Wildman–Crippen MR) is 67.0 cm³/mol. The second-order valence-corrected chi connectivity index (χ2v) is 4.13. The highest BCUT2D eigenvalue weighted by Crippen LogP contribution is 2.21. The van der Waals surface area contributed by atoms with E-state index in [4.69, 9.17) is 10.2 Å². The van der Waals surface area contributed by atoms with Crippen molar-refractivity contribution in [2.24, 2.45) is 0 Å². The molecule has 0 radical (unpaired) electrons. The van der Waals surface area contributed by atoms with E-state index in [1.807, 2.05) is 5.32 Å². The summed E-state index contributed by atoms with van der Waals surface area (Å²) >= 11 is 0. The molecule has 1 aromatic rings. The summed E-state index contributed by atoms with van der Waals surface area (Å²) in [4.78, 5) is 33.3. The molecule has 1 aromatic carbocycles. The number of hydrogen-bond acceptors (Lipinski definition) is 3. The Morgan fingerprint density at radius 2 is 1.67 bits per heavy atom. The van der Waals surface area contributed by atoms with Crippen molar-refractivity contribution in [3.63, 3.8) is 0 Å². The van der Waals surface area contributed by atoms with Crippen LogP contribution < -0.4 is 5.32 Å². The molecule has 0 aliphatic rings. The molecule has 0 aliphatic heterocycles. The average molecular weight is 302 g/mol. The second kappa shape index (κ2) is 6.64. The Balaban J connectivity index is 2.98. The molecule has 21 heavy (non-hydrogen) atoms. The van der Waals surface area contributed by atoms with Crippen LogP contribution >= 0.6 is 0 Å². The van der Waals surface area contributed by atoms with Crippen LogP contribution in [0.2, 0.25) is 0 Å². The topological polar surface area (TPSA) is 107 Å². The summed E-state index contributed by atoms with van der Waals surface area (Å²) < 4.78 is 27.2. The lowest BCUT2D eigenvalue weighted by Gasteiger charge is -2.19. The van der Waals surface area contributed by atoms with Crippen molar-refractivity contribution < 1.29 is 33.4 Å². The minimum atomic E-state index is -1.46. The summed E-state index contributed by atoms with van der Waals surface area (Å²) in [5.74, 6) is -5.00. The number of nitrogens with one attached hydrogen (secondary N) is 1. The van der Waals surface area contributed by atoms with Crippen molar-refractivity contribution in [1.29, 1.82) is 0 Å². The Bertz CT molecular complexity index is 575. The third kappa shape index (κ3) is 4.41. The number of urea groups is 1. The van der Waals surface area contributed by atoms with Crippen LogP contribution in [-0.2, 0) is 9.59 Å². The number of hydrogen-bond donors (Lipinski definition) is 3. The Hall–Kier alpha value is -2.71. The molecule has 9 heteroatoms. The molecule has 0 fully saturated rings. The van der Waals surface area contributed by atoms with Gasteiger partial charge in [0.1, 0.15) is 24.6 Å². The Morgan fingerprint density at radius 1 is 1.14 bits per heavy atom. The molecule has 0 saturated carbocycles. The minimum absolute atomic E-state index is 0.0646. The van der Waals surface area contributed by atoms with E-state index in [-0.39, 0.29) is 5.56 Å². The van der Waals surface area contributed by atoms with Crippen LogP contribution in [0.4, 0.5) is 19.3 Å². The SMILES string of the molecule is Cc1ccc(F)c(NC(=O)N(CC(=O)O)CC(=O)O)c1F. The lowest BCUT2D eigenvalue weighted by molar-refractivity contribution is -0.140. The van der Waals surface area contributed by atoms with Crippen LogP contribution in [0, 0.1) is 18.6 Å². The van der Waals surface area contributed by atoms with E-state index < -0.39 is 48.4 Å². The number of benzene rings is 1. The van der Waals surface area contributed by atoms with Gasteiger partial charge in [-0.2, -0.15) is 0 Å². The van der Waals surface area contributed by atoms with Gasteiger partial charge in [-0.3, -0.25) is 9.59 Å². The zero-order chi connectivity index (χ0) is 16.2. The van der Waals surface area contributed by atoms with E-state index in [2.05, 4.69) is 0 Å². The van der Waals surface area contributed by atoms with Crippen LogP contribution in [0.3, 0.4) is 0 Å². The Labute approximate surface area is 117 Å². The van der Waals surface area contributed by atoms with Crippen molar-refractivity contribution in [3.8, 4) is 0 Å². The maximum Gasteiger partial charge on any atom is 0.323 e. The first kappa shape index (κ1) is 16.3. The van der Waals surface area contributed by atoms with Gasteiger partial charge < -0.3 is 20.4 Å². The van der Waals surface area contributed by atoms with Gasteiger partial charge in [0, 0.05) is 0 Å². The highest BCUT2D eigenvalue weighted by Gasteiger charge is 2.22. The quantitative estimate of drug-likeness (QED) is 0.759. The van der Waals surface area contributed by atoms with E-state index in [1.54, 1.807) is 0 Å². The number of nitrogens with zero attached hydrogens (tertiary/aromatic N) is 1. The van der Waals surface area contributed by atoms with Gasteiger partial charge >= 0.3 is 18.0 Å². The van der Waals surface area contributed by atoms with Crippen LogP contribution in [0.1, 0.15) is 5.56 Å². The molecule has 3 N–H and O–H groups in total. The largest absolute Gasteiger partial charge is 0.480 e. The monoisotopic (exact) mass is 302 g/mol. The summed E-state index contributed by atoms with van der Waals surface area (Å²) in [5, 5.41) is 19.0. The molecule has 0 spiro atoms. The molecule has 0 atom stereocenters. The number of halogens is 2. The van der Waals surface area contributed by atoms with Crippen LogP contribution in [0.5, 0.6) is 0 Å². The van der Waals surface area contributed by atoms with Gasteiger partial charge in [-0.1, -0.05) is 6.07 Å². The normalized spacial score (nSPS) is 10.0. The molecular formula is C12H12F2N2O5. The van der Waals surface area contributed by atoms with E-state index in [0.717, 1.165) is 12.1 Å². The Morgan fingerprint density at radius 3 is 2.14 bits per heavy atom. The number of carbonyl (C=O) groups excluding carboxylic acids is 1. The summed E-state index contributed by atoms with van der Waals surface area (Å²) in [7, 11) is 0. The molecular weight excluding hydrogens is 290 g/mol. The lowest BCUT2D eigenvalue weighted by atomic mass is 10.2. The van der Waals surface area contributed by atoms with E-state index in [9.17, 15) is 23.2 Å². The van der Waals surface area contributed by atoms with Gasteiger partial charge in [-0.05, 0) is 18.6 Å². The smallest absolute Gasteiger partial charge is 0.323 e. The van der Waals surface area contributed by atoms with Crippen molar-refractivity contribution in [2.75, 3.05) is 18.4 Å². The summed E-state index contributed by atoms with van der Waals surface area (Å²) in [6.45, 7) is -0.503. The van der Waals surface area contributed by atoms with Gasteiger partial charge in [0.25, 0.3) is 0 Å². The van der Waals surface area contributed by atoms with Crippen molar-refractivity contribution in [1.82, 2.24) is 4.90 Å². The van der Waals surface area contributed by atoms with Crippen LogP contribution in [-0.4, -0.2) is 46.2 Å². The van der Waals surface area contributed by atoms with Gasteiger partial charge in [0.15, 0.2) is 5.82 Å². The fourth-order valence-corrected chi connectivity index (χ4v) is 1.48. The highest BCUT2D eigenvalue weighted by atomic mass is 19.1. The molecule has 0 saturated heterocycles. The first-order valence-electron chi connectivity index (χ1n) is 5.66. The molecule has 0 aromatic heterocycles. The molecule has 0 unspecified atom stereocenters. The number of rotatable bonds is 5. The maximum atomic E-state index is 13.7. The maximum absolute atomic E-state index is 13.7. The van der Waals surface area contributed by atoms with Crippen LogP contribution in [0.25, 0.3) is 0 Å². The third-order valence-corrected chi connectivity index (χ3v) is 2.46. The van der Waals surface area contributed by atoms with Gasteiger partial charge in [-0.15, -0.1) is 0 Å². The fourth-order valence-electron chi connectivity index (χ4n) is 1.48. The van der Waals surface area contributed by atoms with E-state index >= 15 is 0 Å². The minimum Gasteiger partial charge on any atom is -0.480 e. The molecule has 0 heterocycles. The number of amides is 2. The standard InChI is InChI=1S/C12H12F2N2O5/c1-6-2-3-7(13)11(10(6)14)15-12(21)16(4-8(17)18)5-9(19)20/h2-3H,4-5H2,1H3,(H,15,21)(H,17,18)(H,19,20). The van der Waals surface area contributed by atoms with Crippen molar-refractivity contribution in [2.45, 2.75) is 6.92 Å². The van der Waals surface area contributed by atoms with E-state index in [0.29, 0.717) is 4.90 Å². The summed E-state index contributed by atoms with van der Waals surface area (Å²) in [6, 6.07) is 0.850. The average Bonchev–Trinajstić information content (AvgIpc) is 2.37. The third-order valence-electron chi connectivity index (χ3n) is 2.46. The summed E-state index contributed by atoms with van der Waals surface area (Å²) in [6.07, 6.45) is 0. The highest BCUT2D eigenvalue weighted by molar-refractivity contribution is 5.93. The van der Waals surface area contributed by atoms with Gasteiger partial charge in [0.2, 0.25) is 0 Å². The number of carboxylic acid groups (broad SMARTS) is 2. The molecule has 2 amide bonds. The number of carbonyl (C=O) groups is 3. The number of anilines is 1. The predicted octanol–water partition coefficient (Wildman–Crippen LogP) is 1.28. The molecule has 7 nitrogen and oxygen atoms in total. The van der Waals surface area contributed by atoms with Crippen molar-refractivity contribution in [3.05, 3.63) is 29.3 Å². The zero-order valence-corrected chi connectivity index (χ0v) is 10.9. The lowest BCUT2D eigenvalue weighted by Crippen LogP contribution is -2.42. The van der Waals surface area contributed by atoms with Crippen LogP contribution in [0.15, 0.2) is 12.1 Å². The van der Waals surface area contributed by atoms with Gasteiger partial charge in [0.05, 0.1) is 0 Å². The molecule has 1 rings (SSSR count). The van der Waals surface area contributed by atoms with Crippen molar-refractivity contribution >= 4 is 23.7 Å². The Kier molecular flexibility index (Phi) is 5.17. The summed E-state index contributed by atoms with van der Waals surface area (Å²) in [5.41, 5.74) is -0.699. The number of aliphatic carboxylic acids is 2. The molecule has 0 aliphatic carbocycles. The number of aryl methyl sites for hydroxylation is 1. The van der Waals surface area contributed by atoms with Gasteiger partial charge in [-0.25, -0.2) is 13.6 Å². The second-order valence-electron chi connectivity index (χ2n) is 4.13. The fraction of sp³-hybridized carbons (Fsp3) is 0.250. The van der Waals surface area contributed by atoms with E-state index in [1.165, 1.54) is 6.92 Å². The molecule has 0 bridgehead atoms. The molecule has 114 valence electrons. The first-order chi connectivity index (χ1) is 9.72. The first-order valence-corrected chi connectivity index (χ1v) is 5.66. The zero-order valence-electron chi connectivity index (χ0n) is 10.9.